The molecule has 3 rings (SSSR count). The Morgan fingerprint density at radius 1 is 1.19 bits per heavy atom. The molecule has 0 aliphatic carbocycles. The smallest absolute Gasteiger partial charge is 0.240 e. The zero-order valence-electron chi connectivity index (χ0n) is 15.9. The summed E-state index contributed by atoms with van der Waals surface area (Å²) in [6, 6.07) is 12.9. The van der Waals surface area contributed by atoms with Crippen LogP contribution in [0, 0.1) is 6.92 Å². The highest BCUT2D eigenvalue weighted by molar-refractivity contribution is 7.89. The fraction of sp³-hybridized carbons (Fsp3) is 0.300. The van der Waals surface area contributed by atoms with Gasteiger partial charge in [0.05, 0.1) is 4.90 Å². The Hall–Kier alpha value is -1.86. The summed E-state index contributed by atoms with van der Waals surface area (Å²) in [6.45, 7) is 2.02. The van der Waals surface area contributed by atoms with E-state index in [-0.39, 0.29) is 17.5 Å². The van der Waals surface area contributed by atoms with Crippen molar-refractivity contribution in [1.82, 2.24) is 14.2 Å². The Morgan fingerprint density at radius 3 is 2.59 bits per heavy atom. The first-order valence-electron chi connectivity index (χ1n) is 8.67. The van der Waals surface area contributed by atoms with Gasteiger partial charge >= 0.3 is 0 Å². The topological polar surface area (TPSA) is 54.3 Å². The number of aryl methyl sites for hydroxylation is 2. The van der Waals surface area contributed by atoms with Gasteiger partial charge in [-0.1, -0.05) is 35.9 Å². The van der Waals surface area contributed by atoms with E-state index in [0.717, 1.165) is 16.5 Å². The predicted octanol–water partition coefficient (Wildman–Crippen LogP) is 3.72. The molecule has 27 heavy (non-hydrogen) atoms. The highest BCUT2D eigenvalue weighted by Gasteiger charge is 2.23. The van der Waals surface area contributed by atoms with E-state index < -0.39 is 10.0 Å². The molecule has 3 aromatic rings. The largest absolute Gasteiger partial charge is 0.350 e. The lowest BCUT2D eigenvalue weighted by atomic mass is 10.1. The van der Waals surface area contributed by atoms with Crippen LogP contribution in [-0.4, -0.2) is 38.5 Å². The number of fused-ring (bicyclic) bond motifs is 1. The lowest BCUT2D eigenvalue weighted by Gasteiger charge is -2.24. The summed E-state index contributed by atoms with van der Waals surface area (Å²) >= 11 is 6.00. The minimum absolute atomic E-state index is 0.106. The summed E-state index contributed by atoms with van der Waals surface area (Å²) in [4.78, 5) is 2.24. The average Bonchev–Trinajstić information content (AvgIpc) is 2.94. The summed E-state index contributed by atoms with van der Waals surface area (Å²) in [6.07, 6.45) is 2.06. The van der Waals surface area contributed by atoms with Gasteiger partial charge in [-0.25, -0.2) is 13.1 Å². The molecule has 0 bridgehead atoms. The van der Waals surface area contributed by atoms with E-state index in [1.54, 1.807) is 19.1 Å². The molecule has 1 N–H and O–H groups in total. The minimum Gasteiger partial charge on any atom is -0.350 e. The third kappa shape index (κ3) is 4.04. The molecule has 0 radical (unpaired) electrons. The number of para-hydroxylation sites is 1. The van der Waals surface area contributed by atoms with E-state index in [1.165, 1.54) is 6.07 Å². The molecule has 0 amide bonds. The number of rotatable bonds is 6. The van der Waals surface area contributed by atoms with Crippen LogP contribution in [-0.2, 0) is 17.1 Å². The van der Waals surface area contributed by atoms with E-state index in [1.807, 2.05) is 38.2 Å². The third-order valence-electron chi connectivity index (χ3n) is 4.82. The number of aromatic nitrogens is 1. The molecule has 0 aliphatic rings. The molecule has 1 atom stereocenters. The number of hydrogen-bond donors (Lipinski definition) is 1. The van der Waals surface area contributed by atoms with Crippen molar-refractivity contribution in [2.24, 2.45) is 7.05 Å². The number of sulfonamides is 1. The molecular weight excluding hydrogens is 382 g/mol. The van der Waals surface area contributed by atoms with E-state index in [9.17, 15) is 8.42 Å². The van der Waals surface area contributed by atoms with Crippen molar-refractivity contribution in [2.75, 3.05) is 20.6 Å². The molecule has 0 aliphatic heterocycles. The van der Waals surface area contributed by atoms with Gasteiger partial charge in [-0.2, -0.15) is 0 Å². The van der Waals surface area contributed by atoms with Crippen molar-refractivity contribution in [1.29, 1.82) is 0 Å². The van der Waals surface area contributed by atoms with Crippen LogP contribution < -0.4 is 4.72 Å². The van der Waals surface area contributed by atoms with Gasteiger partial charge in [0.2, 0.25) is 10.0 Å². The number of nitrogens with zero attached hydrogens (tertiary/aromatic N) is 2. The maximum atomic E-state index is 12.8. The quantitative estimate of drug-likeness (QED) is 0.680. The Bertz CT molecular complexity index is 1070. The van der Waals surface area contributed by atoms with Gasteiger partial charge in [-0.05, 0) is 50.3 Å². The van der Waals surface area contributed by atoms with Gasteiger partial charge in [-0.15, -0.1) is 0 Å². The highest BCUT2D eigenvalue weighted by atomic mass is 35.5. The van der Waals surface area contributed by atoms with Crippen LogP contribution in [0.3, 0.4) is 0 Å². The molecule has 0 spiro atoms. The summed E-state index contributed by atoms with van der Waals surface area (Å²) in [5.41, 5.74) is 2.87. The zero-order chi connectivity index (χ0) is 19.8. The Balaban J connectivity index is 1.92. The maximum Gasteiger partial charge on any atom is 0.240 e. The SMILES string of the molecule is Cc1ccc(Cl)cc1S(=O)(=O)NCC(c1cn(C)c2ccccc12)N(C)C. The third-order valence-corrected chi connectivity index (χ3v) is 6.62. The van der Waals surface area contributed by atoms with Crippen LogP contribution in [0.25, 0.3) is 10.9 Å². The maximum absolute atomic E-state index is 12.8. The van der Waals surface area contributed by atoms with E-state index in [4.69, 9.17) is 11.6 Å². The molecule has 0 saturated heterocycles. The normalized spacial score (nSPS) is 13.4. The van der Waals surface area contributed by atoms with E-state index in [0.29, 0.717) is 10.6 Å². The standard InChI is InChI=1S/C20H24ClN3O2S/c1-14-9-10-15(21)11-20(14)27(25,26)22-12-19(23(2)3)17-13-24(4)18-8-6-5-7-16(17)18/h5-11,13,19,22H,12H2,1-4H3. The van der Waals surface area contributed by atoms with Gasteiger partial charge in [-0.3, -0.25) is 0 Å². The van der Waals surface area contributed by atoms with Crippen LogP contribution in [0.2, 0.25) is 5.02 Å². The number of halogens is 1. The van der Waals surface area contributed by atoms with Gasteiger partial charge in [0.15, 0.2) is 0 Å². The second-order valence-electron chi connectivity index (χ2n) is 6.95. The highest BCUT2D eigenvalue weighted by Crippen LogP contribution is 2.29. The van der Waals surface area contributed by atoms with Crippen LogP contribution in [0.5, 0.6) is 0 Å². The number of likely N-dealkylation sites (N-methyl/N-ethyl adjacent to an activating group) is 1. The predicted molar refractivity (Wildman–Crippen MR) is 111 cm³/mol. The number of nitrogens with one attached hydrogen (secondary N) is 1. The van der Waals surface area contributed by atoms with Crippen molar-refractivity contribution in [3.8, 4) is 0 Å². The van der Waals surface area contributed by atoms with Gasteiger partial charge < -0.3 is 9.47 Å². The lowest BCUT2D eigenvalue weighted by Crippen LogP contribution is -2.34. The summed E-state index contributed by atoms with van der Waals surface area (Å²) in [5, 5.41) is 1.52. The molecule has 1 aromatic heterocycles. The van der Waals surface area contributed by atoms with E-state index >= 15 is 0 Å². The Labute approximate surface area is 165 Å². The summed E-state index contributed by atoms with van der Waals surface area (Å²) < 4.78 is 30.5. The van der Waals surface area contributed by atoms with Crippen LogP contribution in [0.15, 0.2) is 53.6 Å². The first-order chi connectivity index (χ1) is 12.7. The molecule has 1 heterocycles. The monoisotopic (exact) mass is 405 g/mol. The fourth-order valence-corrected chi connectivity index (χ4v) is 4.88. The van der Waals surface area contributed by atoms with Crippen molar-refractivity contribution in [2.45, 2.75) is 17.9 Å². The average molecular weight is 406 g/mol. The van der Waals surface area contributed by atoms with Crippen LogP contribution in [0.4, 0.5) is 0 Å². The first kappa shape index (κ1) is 19.9. The molecule has 2 aromatic carbocycles. The van der Waals surface area contributed by atoms with Crippen molar-refractivity contribution in [3.05, 3.63) is 64.8 Å². The van der Waals surface area contributed by atoms with Gasteiger partial charge in [0, 0.05) is 41.8 Å². The Morgan fingerprint density at radius 2 is 1.89 bits per heavy atom. The van der Waals surface area contributed by atoms with Crippen LogP contribution in [0.1, 0.15) is 17.2 Å². The molecule has 0 fully saturated rings. The molecular formula is C20H24ClN3O2S. The van der Waals surface area contributed by atoms with Crippen molar-refractivity contribution < 1.29 is 8.42 Å². The van der Waals surface area contributed by atoms with Gasteiger partial charge in [0.1, 0.15) is 0 Å². The number of hydrogen-bond acceptors (Lipinski definition) is 3. The van der Waals surface area contributed by atoms with Crippen molar-refractivity contribution in [3.63, 3.8) is 0 Å². The number of benzene rings is 2. The molecule has 1 unspecified atom stereocenters. The van der Waals surface area contributed by atoms with Crippen LogP contribution >= 0.6 is 11.6 Å². The van der Waals surface area contributed by atoms with Crippen molar-refractivity contribution >= 4 is 32.5 Å². The summed E-state index contributed by atoms with van der Waals surface area (Å²) in [5.74, 6) is 0. The molecule has 5 nitrogen and oxygen atoms in total. The van der Waals surface area contributed by atoms with E-state index in [2.05, 4.69) is 27.6 Å². The minimum atomic E-state index is -3.66. The molecule has 7 heteroatoms. The Kier molecular flexibility index (Phi) is 5.63. The zero-order valence-corrected chi connectivity index (χ0v) is 17.5. The first-order valence-corrected chi connectivity index (χ1v) is 10.5. The molecule has 144 valence electrons. The van der Waals surface area contributed by atoms with Gasteiger partial charge in [0.25, 0.3) is 0 Å². The molecule has 0 saturated carbocycles. The lowest BCUT2D eigenvalue weighted by molar-refractivity contribution is 0.301. The second kappa shape index (κ2) is 7.64. The summed E-state index contributed by atoms with van der Waals surface area (Å²) in [7, 11) is 2.23. The second-order valence-corrected chi connectivity index (χ2v) is 9.13. The fourth-order valence-electron chi connectivity index (χ4n) is 3.34.